The third kappa shape index (κ3) is 6.35. The lowest BCUT2D eigenvalue weighted by Gasteiger charge is -2.33. The number of aromatic hydroxyl groups is 1. The fraction of sp³-hybridized carbons (Fsp3) is 0.520. The first-order valence-electron chi connectivity index (χ1n) is 10.3. The second-order valence-electron chi connectivity index (χ2n) is 10.6. The summed E-state index contributed by atoms with van der Waals surface area (Å²) in [5, 5.41) is 10.9. The Bertz CT molecular complexity index is 825. The molecule has 2 rings (SSSR count). The van der Waals surface area contributed by atoms with E-state index in [1.54, 1.807) is 0 Å². The normalized spacial score (nSPS) is 13.6. The highest BCUT2D eigenvalue weighted by Crippen LogP contribution is 2.49. The number of ether oxygens (including phenoxy) is 1. The number of thiol groups is 1. The quantitative estimate of drug-likeness (QED) is 0.480. The summed E-state index contributed by atoms with van der Waals surface area (Å²) >= 11 is 4.33. The minimum absolute atomic E-state index is 0.165. The predicted octanol–water partition coefficient (Wildman–Crippen LogP) is 6.72. The van der Waals surface area contributed by atoms with Gasteiger partial charge in [0.1, 0.15) is 17.4 Å². The number of phenolic OH excluding ortho intramolecular Hbond substituents is 1. The van der Waals surface area contributed by atoms with Crippen LogP contribution in [0, 0.1) is 0 Å². The average molecular weight is 450 g/mol. The molecule has 0 aliphatic heterocycles. The molecule has 0 atom stereocenters. The van der Waals surface area contributed by atoms with Gasteiger partial charge in [-0.25, -0.2) is 0 Å². The molecule has 0 saturated heterocycles. The largest absolute Gasteiger partial charge is 0.507 e. The van der Waals surface area contributed by atoms with Crippen molar-refractivity contribution in [2.75, 3.05) is 25.5 Å². The Hall–Kier alpha value is -1.30. The van der Waals surface area contributed by atoms with Crippen LogP contribution in [0.2, 0.25) is 0 Å². The van der Waals surface area contributed by atoms with Gasteiger partial charge in [-0.3, -0.25) is 4.31 Å². The zero-order chi connectivity index (χ0) is 22.9. The maximum Gasteiger partial charge on any atom is 0.123 e. The summed E-state index contributed by atoms with van der Waals surface area (Å²) in [5.41, 5.74) is 2.77. The van der Waals surface area contributed by atoms with E-state index in [9.17, 15) is 5.11 Å². The van der Waals surface area contributed by atoms with Crippen LogP contribution < -0.4 is 4.74 Å². The van der Waals surface area contributed by atoms with Crippen LogP contribution >= 0.6 is 22.8 Å². The Morgan fingerprint density at radius 1 is 0.933 bits per heavy atom. The third-order valence-corrected chi connectivity index (χ3v) is 7.59. The van der Waals surface area contributed by atoms with Gasteiger partial charge in [-0.15, -0.1) is 0 Å². The average Bonchev–Trinajstić information content (AvgIpc) is 2.58. The van der Waals surface area contributed by atoms with Crippen LogP contribution in [0.3, 0.4) is 0 Å². The van der Waals surface area contributed by atoms with Crippen LogP contribution in [-0.2, 0) is 17.4 Å². The van der Waals surface area contributed by atoms with Crippen molar-refractivity contribution in [3.05, 3.63) is 53.1 Å². The highest BCUT2D eigenvalue weighted by atomic mass is 32.3. The van der Waals surface area contributed by atoms with Gasteiger partial charge >= 0.3 is 0 Å². The van der Waals surface area contributed by atoms with Gasteiger partial charge < -0.3 is 9.84 Å². The van der Waals surface area contributed by atoms with E-state index in [4.69, 9.17) is 4.74 Å². The summed E-state index contributed by atoms with van der Waals surface area (Å²) in [7, 11) is 0.826. The van der Waals surface area contributed by atoms with E-state index in [-0.39, 0.29) is 10.8 Å². The molecule has 0 spiro atoms. The van der Waals surface area contributed by atoms with Crippen molar-refractivity contribution in [3.63, 3.8) is 0 Å². The summed E-state index contributed by atoms with van der Waals surface area (Å²) in [6.07, 6.45) is 4.56. The van der Waals surface area contributed by atoms with Crippen LogP contribution in [0.4, 0.5) is 0 Å². The van der Waals surface area contributed by atoms with Gasteiger partial charge in [0.25, 0.3) is 0 Å². The van der Waals surface area contributed by atoms with Crippen molar-refractivity contribution in [2.24, 2.45) is 0 Å². The van der Waals surface area contributed by atoms with E-state index in [0.29, 0.717) is 11.7 Å². The Morgan fingerprint density at radius 2 is 1.40 bits per heavy atom. The third-order valence-electron chi connectivity index (χ3n) is 5.19. The van der Waals surface area contributed by atoms with Gasteiger partial charge in [-0.05, 0) is 65.1 Å². The van der Waals surface area contributed by atoms with Crippen molar-refractivity contribution in [1.82, 2.24) is 4.31 Å². The molecule has 1 N–H and O–H groups in total. The Morgan fingerprint density at radius 3 is 1.80 bits per heavy atom. The van der Waals surface area contributed by atoms with Gasteiger partial charge in [0.2, 0.25) is 0 Å². The molecule has 0 aliphatic carbocycles. The second kappa shape index (κ2) is 9.05. The predicted molar refractivity (Wildman–Crippen MR) is 136 cm³/mol. The van der Waals surface area contributed by atoms with Crippen LogP contribution in [-0.4, -0.2) is 34.9 Å². The van der Waals surface area contributed by atoms with E-state index in [0.717, 1.165) is 23.4 Å². The van der Waals surface area contributed by atoms with Crippen LogP contribution in [0.15, 0.2) is 41.3 Å². The number of phenols is 1. The van der Waals surface area contributed by atoms with Gasteiger partial charge in [-0.1, -0.05) is 66.5 Å². The first-order valence-corrected chi connectivity index (χ1v) is 13.3. The molecular formula is C25H39NO2S2. The van der Waals surface area contributed by atoms with Crippen LogP contribution in [0.1, 0.15) is 58.2 Å². The summed E-state index contributed by atoms with van der Waals surface area (Å²) < 4.78 is 8.23. The lowest BCUT2D eigenvalue weighted by Crippen LogP contribution is -2.18. The molecule has 0 radical (unpaired) electrons. The smallest absolute Gasteiger partial charge is 0.123 e. The lowest BCUT2D eigenvalue weighted by atomic mass is 9.79. The van der Waals surface area contributed by atoms with Crippen molar-refractivity contribution in [3.8, 4) is 11.5 Å². The first-order chi connectivity index (χ1) is 13.6. The maximum atomic E-state index is 10.9. The zero-order valence-corrected chi connectivity index (χ0v) is 21.7. The van der Waals surface area contributed by atoms with Crippen molar-refractivity contribution < 1.29 is 9.84 Å². The molecular weight excluding hydrogens is 410 g/mol. The first kappa shape index (κ1) is 25.0. The molecule has 0 aliphatic rings. The highest BCUT2D eigenvalue weighted by Gasteiger charge is 2.27. The fourth-order valence-electron chi connectivity index (χ4n) is 3.35. The van der Waals surface area contributed by atoms with E-state index < -0.39 is 10.0 Å². The maximum absolute atomic E-state index is 10.9. The molecule has 168 valence electrons. The van der Waals surface area contributed by atoms with E-state index in [1.807, 2.05) is 23.5 Å². The van der Waals surface area contributed by atoms with Crippen LogP contribution in [0.25, 0.3) is 0 Å². The van der Waals surface area contributed by atoms with Gasteiger partial charge in [-0.2, -0.15) is 10.0 Å². The van der Waals surface area contributed by atoms with Crippen molar-refractivity contribution >= 4 is 22.8 Å². The lowest BCUT2D eigenvalue weighted by molar-refractivity contribution is 0.378. The molecule has 5 heteroatoms. The van der Waals surface area contributed by atoms with Crippen molar-refractivity contribution in [1.29, 1.82) is 0 Å². The van der Waals surface area contributed by atoms with Gasteiger partial charge in [0.05, 0.1) is 0 Å². The molecule has 30 heavy (non-hydrogen) atoms. The summed E-state index contributed by atoms with van der Waals surface area (Å²) in [5.74, 6) is 1.85. The molecule has 0 aromatic heterocycles. The fourth-order valence-corrected chi connectivity index (χ4v) is 4.95. The van der Waals surface area contributed by atoms with Crippen molar-refractivity contribution in [2.45, 2.75) is 63.8 Å². The molecule has 3 nitrogen and oxygen atoms in total. The monoisotopic (exact) mass is 449 g/mol. The molecule has 0 amide bonds. The SMILES string of the molecule is CN(S)Cc1ccc(S(C)(C)COc2cc(C(C)(C)C)c(O)c(C(C)(C)C)c2)cc1. The molecule has 0 unspecified atom stereocenters. The number of hydrogen-bond acceptors (Lipinski definition) is 4. The highest BCUT2D eigenvalue weighted by molar-refractivity contribution is 8.32. The molecule has 2 aromatic carbocycles. The van der Waals surface area contributed by atoms with Gasteiger partial charge in [0, 0.05) is 17.7 Å². The Balaban J connectivity index is 2.29. The minimum atomic E-state index is -1.13. The number of hydrogen-bond donors (Lipinski definition) is 2. The Kier molecular flexibility index (Phi) is 7.53. The summed E-state index contributed by atoms with van der Waals surface area (Å²) in [6, 6.07) is 12.8. The van der Waals surface area contributed by atoms with E-state index in [2.05, 4.69) is 91.1 Å². The Labute approximate surface area is 190 Å². The number of rotatable bonds is 6. The standard InChI is InChI=1S/C25H39NO2S2/c1-24(2,3)21-14-19(15-22(23(21)27)25(4,5)6)28-17-30(8,9)20-12-10-18(11-13-20)16-26(7)29/h10-15,27,29H,16-17H2,1-9H3. The second-order valence-corrected chi connectivity index (χ2v) is 15.1. The molecule has 2 aromatic rings. The van der Waals surface area contributed by atoms with E-state index >= 15 is 0 Å². The van der Waals surface area contributed by atoms with E-state index in [1.165, 1.54) is 10.5 Å². The number of nitrogens with zero attached hydrogens (tertiary/aromatic N) is 1. The van der Waals surface area contributed by atoms with Crippen LogP contribution in [0.5, 0.6) is 11.5 Å². The minimum Gasteiger partial charge on any atom is -0.507 e. The van der Waals surface area contributed by atoms with Gasteiger partial charge in [0.15, 0.2) is 0 Å². The number of benzene rings is 2. The molecule has 0 saturated carbocycles. The summed E-state index contributed by atoms with van der Waals surface area (Å²) in [6.45, 7) is 13.5. The topological polar surface area (TPSA) is 32.7 Å². The summed E-state index contributed by atoms with van der Waals surface area (Å²) in [4.78, 5) is 1.32. The molecule has 0 fully saturated rings. The molecule has 0 heterocycles. The zero-order valence-electron chi connectivity index (χ0n) is 20.0. The molecule has 0 bridgehead atoms.